The highest BCUT2D eigenvalue weighted by atomic mass is 32.2. The van der Waals surface area contributed by atoms with Crippen molar-refractivity contribution in [2.24, 2.45) is 0 Å². The van der Waals surface area contributed by atoms with Gasteiger partial charge in [0.15, 0.2) is 19.7 Å². The van der Waals surface area contributed by atoms with Crippen molar-refractivity contribution in [3.05, 3.63) is 24.3 Å². The zero-order chi connectivity index (χ0) is 16.0. The highest BCUT2D eigenvalue weighted by molar-refractivity contribution is 7.93. The zero-order valence-electron chi connectivity index (χ0n) is 12.8. The highest BCUT2D eigenvalue weighted by Crippen LogP contribution is 2.28. The van der Waals surface area contributed by atoms with E-state index in [0.717, 1.165) is 0 Å². The first-order valence-electron chi connectivity index (χ1n) is 6.30. The number of hydrogen-bond acceptors (Lipinski definition) is 4. The first kappa shape index (κ1) is 17.2. The lowest BCUT2D eigenvalue weighted by Crippen LogP contribution is -2.29. The van der Waals surface area contributed by atoms with Crippen LogP contribution < -0.4 is 0 Å². The number of sulfone groups is 2. The first-order valence-corrected chi connectivity index (χ1v) is 9.27. The van der Waals surface area contributed by atoms with E-state index in [9.17, 15) is 16.8 Å². The van der Waals surface area contributed by atoms with Gasteiger partial charge in [0.05, 0.1) is 19.3 Å². The molecule has 1 aromatic carbocycles. The molecule has 0 aromatic heterocycles. The van der Waals surface area contributed by atoms with Crippen molar-refractivity contribution in [2.75, 3.05) is 0 Å². The van der Waals surface area contributed by atoms with Crippen molar-refractivity contribution >= 4 is 19.7 Å². The maximum absolute atomic E-state index is 12.3. The predicted octanol–water partition coefficient (Wildman–Crippen LogP) is 2.83. The van der Waals surface area contributed by atoms with Gasteiger partial charge in [0.25, 0.3) is 0 Å². The fraction of sp³-hybridized carbons (Fsp3) is 0.571. The molecule has 0 aliphatic heterocycles. The van der Waals surface area contributed by atoms with Gasteiger partial charge in [-0.1, -0.05) is 0 Å². The molecule has 20 heavy (non-hydrogen) atoms. The summed E-state index contributed by atoms with van der Waals surface area (Å²) in [7, 11) is -6.94. The SMILES string of the molecule is CC(C)(C)S(=O)(=O)c1ccc(S(=O)(=O)C(C)(C)C)cc1. The normalized spacial score (nSPS) is 14.3. The third kappa shape index (κ3) is 2.91. The summed E-state index contributed by atoms with van der Waals surface area (Å²) in [5, 5.41) is 0. The van der Waals surface area contributed by atoms with Crippen LogP contribution in [0.4, 0.5) is 0 Å². The molecule has 0 saturated carbocycles. The largest absolute Gasteiger partial charge is 0.223 e. The van der Waals surface area contributed by atoms with Gasteiger partial charge in [-0.2, -0.15) is 0 Å². The van der Waals surface area contributed by atoms with Gasteiger partial charge < -0.3 is 0 Å². The molecule has 1 rings (SSSR count). The molecule has 0 saturated heterocycles. The molecule has 0 radical (unpaired) electrons. The van der Waals surface area contributed by atoms with Crippen LogP contribution in [-0.4, -0.2) is 26.3 Å². The van der Waals surface area contributed by atoms with Crippen molar-refractivity contribution in [2.45, 2.75) is 60.8 Å². The Hall–Kier alpha value is -0.880. The monoisotopic (exact) mass is 318 g/mol. The third-order valence-corrected chi connectivity index (χ3v) is 8.07. The molecule has 4 nitrogen and oxygen atoms in total. The minimum absolute atomic E-state index is 0.137. The van der Waals surface area contributed by atoms with Crippen LogP contribution in [0.2, 0.25) is 0 Å². The molecule has 114 valence electrons. The van der Waals surface area contributed by atoms with Gasteiger partial charge in [0.2, 0.25) is 0 Å². The molecule has 0 heterocycles. The average Bonchev–Trinajstić information content (AvgIpc) is 2.26. The van der Waals surface area contributed by atoms with E-state index in [4.69, 9.17) is 0 Å². The van der Waals surface area contributed by atoms with Gasteiger partial charge >= 0.3 is 0 Å². The molecule has 0 aliphatic rings. The van der Waals surface area contributed by atoms with Crippen LogP contribution >= 0.6 is 0 Å². The fourth-order valence-electron chi connectivity index (χ4n) is 1.51. The maximum Gasteiger partial charge on any atom is 0.183 e. The summed E-state index contributed by atoms with van der Waals surface area (Å²) in [4.78, 5) is 0.274. The molecular formula is C14H22O4S2. The van der Waals surface area contributed by atoms with Crippen LogP contribution in [0, 0.1) is 0 Å². The number of rotatable bonds is 2. The Morgan fingerprint density at radius 1 is 0.600 bits per heavy atom. The molecule has 6 heteroatoms. The van der Waals surface area contributed by atoms with Crippen molar-refractivity contribution in [1.82, 2.24) is 0 Å². The Morgan fingerprint density at radius 2 is 0.800 bits per heavy atom. The van der Waals surface area contributed by atoms with Crippen LogP contribution in [-0.2, 0) is 19.7 Å². The summed E-state index contributed by atoms with van der Waals surface area (Å²) >= 11 is 0. The molecule has 0 bridgehead atoms. The molecule has 0 spiro atoms. The second-order valence-electron chi connectivity index (χ2n) is 6.70. The lowest BCUT2D eigenvalue weighted by molar-refractivity contribution is 0.557. The molecule has 0 N–H and O–H groups in total. The first-order chi connectivity index (χ1) is 8.71. The van der Waals surface area contributed by atoms with Gasteiger partial charge in [-0.3, -0.25) is 0 Å². The van der Waals surface area contributed by atoms with E-state index < -0.39 is 29.2 Å². The summed E-state index contributed by atoms with van der Waals surface area (Å²) in [6.07, 6.45) is 0. The van der Waals surface area contributed by atoms with E-state index in [-0.39, 0.29) is 9.79 Å². The third-order valence-electron chi connectivity index (χ3n) is 3.06. The summed E-state index contributed by atoms with van der Waals surface area (Å²) in [5.41, 5.74) is 0. The van der Waals surface area contributed by atoms with Crippen molar-refractivity contribution in [1.29, 1.82) is 0 Å². The summed E-state index contributed by atoms with van der Waals surface area (Å²) < 4.78 is 47.2. The van der Waals surface area contributed by atoms with Crippen LogP contribution in [0.3, 0.4) is 0 Å². The second kappa shape index (κ2) is 4.84. The highest BCUT2D eigenvalue weighted by Gasteiger charge is 2.33. The summed E-state index contributed by atoms with van der Waals surface area (Å²) in [6.45, 7) is 9.68. The van der Waals surface area contributed by atoms with Gasteiger partial charge in [-0.05, 0) is 65.8 Å². The lowest BCUT2D eigenvalue weighted by Gasteiger charge is -2.21. The van der Waals surface area contributed by atoms with Crippen molar-refractivity contribution in [3.63, 3.8) is 0 Å². The molecule has 0 aliphatic carbocycles. The molecule has 1 aromatic rings. The molecule has 0 atom stereocenters. The van der Waals surface area contributed by atoms with Crippen molar-refractivity contribution < 1.29 is 16.8 Å². The molecular weight excluding hydrogens is 296 g/mol. The second-order valence-corrected chi connectivity index (χ2v) is 12.1. The Balaban J connectivity index is 3.35. The Kier molecular flexibility index (Phi) is 4.16. The topological polar surface area (TPSA) is 68.3 Å². The van der Waals surface area contributed by atoms with Gasteiger partial charge in [-0.15, -0.1) is 0 Å². The van der Waals surface area contributed by atoms with E-state index in [1.807, 2.05) is 0 Å². The van der Waals surface area contributed by atoms with E-state index >= 15 is 0 Å². The predicted molar refractivity (Wildman–Crippen MR) is 80.3 cm³/mol. The lowest BCUT2D eigenvalue weighted by atomic mass is 10.3. The Morgan fingerprint density at radius 3 is 0.950 bits per heavy atom. The van der Waals surface area contributed by atoms with E-state index in [1.54, 1.807) is 41.5 Å². The fourth-order valence-corrected chi connectivity index (χ4v) is 3.91. The Labute approximate surface area is 122 Å². The van der Waals surface area contributed by atoms with Gasteiger partial charge in [-0.25, -0.2) is 16.8 Å². The van der Waals surface area contributed by atoms with Crippen LogP contribution in [0.5, 0.6) is 0 Å². The van der Waals surface area contributed by atoms with Crippen LogP contribution in [0.1, 0.15) is 41.5 Å². The van der Waals surface area contributed by atoms with Crippen LogP contribution in [0.25, 0.3) is 0 Å². The average molecular weight is 318 g/mol. The summed E-state index contributed by atoms with van der Waals surface area (Å²) in [5.74, 6) is 0. The van der Waals surface area contributed by atoms with E-state index in [1.165, 1.54) is 24.3 Å². The molecule has 0 unspecified atom stereocenters. The minimum atomic E-state index is -3.47. The smallest absolute Gasteiger partial charge is 0.183 e. The van der Waals surface area contributed by atoms with Crippen molar-refractivity contribution in [3.8, 4) is 0 Å². The minimum Gasteiger partial charge on any atom is -0.223 e. The zero-order valence-corrected chi connectivity index (χ0v) is 14.4. The number of benzene rings is 1. The standard InChI is InChI=1S/C14H22O4S2/c1-13(2,3)19(15,16)11-7-9-12(10-8-11)20(17,18)14(4,5)6/h7-10H,1-6H3. The van der Waals surface area contributed by atoms with Crippen LogP contribution in [0.15, 0.2) is 34.1 Å². The quantitative estimate of drug-likeness (QED) is 0.841. The maximum atomic E-state index is 12.3. The molecule has 0 amide bonds. The van der Waals surface area contributed by atoms with Gasteiger partial charge in [0.1, 0.15) is 0 Å². The Bertz CT molecular complexity index is 620. The van der Waals surface area contributed by atoms with Gasteiger partial charge in [0, 0.05) is 0 Å². The molecule has 0 fully saturated rings. The van der Waals surface area contributed by atoms with E-state index in [0.29, 0.717) is 0 Å². The summed E-state index contributed by atoms with van der Waals surface area (Å²) in [6, 6.07) is 5.44. The van der Waals surface area contributed by atoms with E-state index in [2.05, 4.69) is 0 Å². The number of hydrogen-bond donors (Lipinski definition) is 0.